The van der Waals surface area contributed by atoms with Crippen molar-refractivity contribution in [3.8, 4) is 0 Å². The van der Waals surface area contributed by atoms with Crippen LogP contribution in [-0.2, 0) is 4.79 Å². The summed E-state index contributed by atoms with van der Waals surface area (Å²) in [6.07, 6.45) is 2.69. The van der Waals surface area contributed by atoms with E-state index >= 15 is 0 Å². The van der Waals surface area contributed by atoms with Crippen LogP contribution in [0.1, 0.15) is 30.4 Å². The average molecular weight is 269 g/mol. The lowest BCUT2D eigenvalue weighted by Crippen LogP contribution is -2.23. The summed E-state index contributed by atoms with van der Waals surface area (Å²) in [7, 11) is 0. The number of hydrogen-bond acceptors (Lipinski definition) is 2. The van der Waals surface area contributed by atoms with Crippen molar-refractivity contribution in [1.29, 1.82) is 0 Å². The van der Waals surface area contributed by atoms with E-state index in [0.29, 0.717) is 0 Å². The summed E-state index contributed by atoms with van der Waals surface area (Å²) in [4.78, 5) is 12.1. The fraction of sp³-hybridized carbons (Fsp3) is 0.500. The summed E-state index contributed by atoms with van der Waals surface area (Å²) in [5, 5.41) is 3.05. The Morgan fingerprint density at radius 2 is 1.89 bits per heavy atom. The number of halogens is 1. The highest BCUT2D eigenvalue weighted by atomic mass is 35.5. The summed E-state index contributed by atoms with van der Waals surface area (Å²) >= 11 is 0. The van der Waals surface area contributed by atoms with Crippen molar-refractivity contribution >= 4 is 24.0 Å². The summed E-state index contributed by atoms with van der Waals surface area (Å²) in [6, 6.07) is 6.24. The minimum Gasteiger partial charge on any atom is -0.328 e. The zero-order valence-corrected chi connectivity index (χ0v) is 11.7. The van der Waals surface area contributed by atoms with Crippen LogP contribution in [-0.4, -0.2) is 11.9 Å². The molecule has 2 atom stereocenters. The molecule has 0 bridgehead atoms. The number of carbonyl (C=O) groups is 1. The number of rotatable bonds is 2. The molecule has 3 nitrogen and oxygen atoms in total. The van der Waals surface area contributed by atoms with E-state index in [1.165, 1.54) is 0 Å². The zero-order valence-electron chi connectivity index (χ0n) is 10.9. The first kappa shape index (κ1) is 15.0. The molecule has 1 aliphatic carbocycles. The van der Waals surface area contributed by atoms with Gasteiger partial charge in [0.2, 0.25) is 5.91 Å². The molecular formula is C14H21ClN2O. The molecule has 0 radical (unpaired) electrons. The lowest BCUT2D eigenvalue weighted by molar-refractivity contribution is -0.119. The number of para-hydroxylation sites is 1. The molecule has 4 heteroatoms. The molecule has 0 heterocycles. The third kappa shape index (κ3) is 3.24. The Morgan fingerprint density at radius 1 is 1.28 bits per heavy atom. The van der Waals surface area contributed by atoms with Crippen molar-refractivity contribution in [2.45, 2.75) is 39.2 Å². The molecule has 1 aromatic carbocycles. The Bertz CT molecular complexity index is 414. The van der Waals surface area contributed by atoms with Crippen LogP contribution in [0.3, 0.4) is 0 Å². The van der Waals surface area contributed by atoms with E-state index in [1.807, 2.05) is 32.0 Å². The number of nitrogens with two attached hydrogens (primary N) is 1. The molecule has 3 N–H and O–H groups in total. The molecule has 1 saturated carbocycles. The minimum absolute atomic E-state index is 0. The van der Waals surface area contributed by atoms with E-state index in [-0.39, 0.29) is 30.3 Å². The molecule has 0 aliphatic heterocycles. The van der Waals surface area contributed by atoms with E-state index in [2.05, 4.69) is 5.32 Å². The van der Waals surface area contributed by atoms with Crippen LogP contribution in [0.4, 0.5) is 5.69 Å². The Labute approximate surface area is 115 Å². The van der Waals surface area contributed by atoms with Crippen LogP contribution in [0, 0.1) is 19.8 Å². The van der Waals surface area contributed by atoms with Gasteiger partial charge in [-0.05, 0) is 44.2 Å². The fourth-order valence-electron chi connectivity index (χ4n) is 2.49. The monoisotopic (exact) mass is 268 g/mol. The first-order valence-electron chi connectivity index (χ1n) is 6.20. The lowest BCUT2D eigenvalue weighted by atomic mass is 10.0. The maximum Gasteiger partial charge on any atom is 0.227 e. The number of carbonyl (C=O) groups excluding carboxylic acids is 1. The van der Waals surface area contributed by atoms with Gasteiger partial charge in [0.1, 0.15) is 0 Å². The largest absolute Gasteiger partial charge is 0.328 e. The van der Waals surface area contributed by atoms with E-state index < -0.39 is 0 Å². The van der Waals surface area contributed by atoms with Crippen molar-refractivity contribution in [2.24, 2.45) is 11.7 Å². The molecule has 18 heavy (non-hydrogen) atoms. The highest BCUT2D eigenvalue weighted by Gasteiger charge is 2.28. The van der Waals surface area contributed by atoms with Crippen LogP contribution in [0.2, 0.25) is 0 Å². The summed E-state index contributed by atoms with van der Waals surface area (Å²) in [5.74, 6) is 0.208. The normalized spacial score (nSPS) is 22.4. The fourth-order valence-corrected chi connectivity index (χ4v) is 2.49. The van der Waals surface area contributed by atoms with Gasteiger partial charge in [0.25, 0.3) is 0 Å². The van der Waals surface area contributed by atoms with Crippen LogP contribution in [0.15, 0.2) is 18.2 Å². The average Bonchev–Trinajstić information content (AvgIpc) is 2.70. The second-order valence-electron chi connectivity index (χ2n) is 5.03. The molecule has 1 aromatic rings. The molecular weight excluding hydrogens is 248 g/mol. The van der Waals surface area contributed by atoms with Crippen LogP contribution >= 0.6 is 12.4 Å². The second-order valence-corrected chi connectivity index (χ2v) is 5.03. The molecule has 1 fully saturated rings. The van der Waals surface area contributed by atoms with Crippen molar-refractivity contribution < 1.29 is 4.79 Å². The Balaban J connectivity index is 0.00000162. The maximum atomic E-state index is 12.1. The maximum absolute atomic E-state index is 12.1. The van der Waals surface area contributed by atoms with Gasteiger partial charge in [0, 0.05) is 17.6 Å². The third-order valence-corrected chi connectivity index (χ3v) is 3.57. The highest BCUT2D eigenvalue weighted by Crippen LogP contribution is 2.27. The van der Waals surface area contributed by atoms with Gasteiger partial charge in [-0.25, -0.2) is 0 Å². The summed E-state index contributed by atoms with van der Waals surface area (Å²) in [5.41, 5.74) is 9.02. The molecule has 1 aliphatic rings. The first-order valence-corrected chi connectivity index (χ1v) is 6.20. The number of nitrogens with one attached hydrogen (secondary N) is 1. The smallest absolute Gasteiger partial charge is 0.227 e. The Hall–Kier alpha value is -1.06. The van der Waals surface area contributed by atoms with Crippen LogP contribution in [0.25, 0.3) is 0 Å². The predicted molar refractivity (Wildman–Crippen MR) is 77.1 cm³/mol. The van der Waals surface area contributed by atoms with Gasteiger partial charge >= 0.3 is 0 Å². The highest BCUT2D eigenvalue weighted by molar-refractivity contribution is 5.94. The number of benzene rings is 1. The minimum atomic E-state index is 0. The molecule has 100 valence electrons. The number of hydrogen-bond donors (Lipinski definition) is 2. The molecule has 2 rings (SSSR count). The van der Waals surface area contributed by atoms with Gasteiger partial charge in [-0.15, -0.1) is 12.4 Å². The van der Waals surface area contributed by atoms with E-state index in [1.54, 1.807) is 0 Å². The van der Waals surface area contributed by atoms with Gasteiger partial charge < -0.3 is 11.1 Å². The number of aryl methyl sites for hydroxylation is 2. The number of amides is 1. The van der Waals surface area contributed by atoms with E-state index in [4.69, 9.17) is 5.73 Å². The molecule has 2 unspecified atom stereocenters. The molecule has 0 saturated heterocycles. The SMILES string of the molecule is Cc1cccc(C)c1NC(=O)C1CCC(N)C1.Cl. The van der Waals surface area contributed by atoms with Crippen molar-refractivity contribution in [1.82, 2.24) is 0 Å². The van der Waals surface area contributed by atoms with Gasteiger partial charge in [0.05, 0.1) is 0 Å². The summed E-state index contributed by atoms with van der Waals surface area (Å²) in [6.45, 7) is 4.03. The van der Waals surface area contributed by atoms with E-state index in [0.717, 1.165) is 36.1 Å². The summed E-state index contributed by atoms with van der Waals surface area (Å²) < 4.78 is 0. The third-order valence-electron chi connectivity index (χ3n) is 3.57. The van der Waals surface area contributed by atoms with Gasteiger partial charge in [0.15, 0.2) is 0 Å². The Morgan fingerprint density at radius 3 is 2.39 bits per heavy atom. The quantitative estimate of drug-likeness (QED) is 0.867. The topological polar surface area (TPSA) is 55.1 Å². The molecule has 0 aromatic heterocycles. The second kappa shape index (κ2) is 6.21. The lowest BCUT2D eigenvalue weighted by Gasteiger charge is -2.14. The van der Waals surface area contributed by atoms with Gasteiger partial charge in [-0.1, -0.05) is 18.2 Å². The van der Waals surface area contributed by atoms with Crippen molar-refractivity contribution in [3.63, 3.8) is 0 Å². The van der Waals surface area contributed by atoms with Gasteiger partial charge in [-0.2, -0.15) is 0 Å². The zero-order chi connectivity index (χ0) is 12.4. The number of anilines is 1. The van der Waals surface area contributed by atoms with Crippen molar-refractivity contribution in [3.05, 3.63) is 29.3 Å². The van der Waals surface area contributed by atoms with E-state index in [9.17, 15) is 4.79 Å². The molecule has 0 spiro atoms. The predicted octanol–water partition coefficient (Wildman–Crippen LogP) is 2.79. The first-order chi connectivity index (χ1) is 8.08. The van der Waals surface area contributed by atoms with Crippen LogP contribution in [0.5, 0.6) is 0 Å². The van der Waals surface area contributed by atoms with Crippen molar-refractivity contribution in [2.75, 3.05) is 5.32 Å². The molecule has 1 amide bonds. The standard InChI is InChI=1S/C14H20N2O.ClH/c1-9-4-3-5-10(2)13(9)16-14(17)11-6-7-12(15)8-11;/h3-5,11-12H,6-8,15H2,1-2H3,(H,16,17);1H. The Kier molecular flexibility index (Phi) is 5.17. The van der Waals surface area contributed by atoms with Gasteiger partial charge in [-0.3, -0.25) is 4.79 Å². The van der Waals surface area contributed by atoms with Crippen LogP contribution < -0.4 is 11.1 Å².